The lowest BCUT2D eigenvalue weighted by Crippen LogP contribution is -2.43. The number of nitrogens with one attached hydrogen (secondary N) is 1. The van der Waals surface area contributed by atoms with E-state index in [0.717, 1.165) is 11.7 Å². The summed E-state index contributed by atoms with van der Waals surface area (Å²) in [6, 6.07) is 9.33. The number of methoxy groups -OCH3 is 1. The van der Waals surface area contributed by atoms with E-state index in [1.165, 1.54) is 37.9 Å². The van der Waals surface area contributed by atoms with Crippen molar-refractivity contribution >= 4 is 0 Å². The Hall–Kier alpha value is -1.06. The Morgan fingerprint density at radius 1 is 1.29 bits per heavy atom. The van der Waals surface area contributed by atoms with Crippen molar-refractivity contribution in [3.8, 4) is 5.75 Å². The number of likely N-dealkylation sites (N-methyl/N-ethyl adjacent to an activating group) is 1. The van der Waals surface area contributed by atoms with Gasteiger partial charge in [0.05, 0.1) is 7.11 Å². The first kappa shape index (κ1) is 16.3. The minimum Gasteiger partial charge on any atom is -0.497 e. The lowest BCUT2D eigenvalue weighted by Gasteiger charge is -2.35. The highest BCUT2D eigenvalue weighted by Gasteiger charge is 2.29. The third-order valence-corrected chi connectivity index (χ3v) is 4.54. The molecule has 1 aliphatic carbocycles. The lowest BCUT2D eigenvalue weighted by molar-refractivity contribution is 0.165. The van der Waals surface area contributed by atoms with E-state index in [1.54, 1.807) is 7.11 Å². The molecule has 1 aromatic carbocycles. The summed E-state index contributed by atoms with van der Waals surface area (Å²) >= 11 is 0. The van der Waals surface area contributed by atoms with Gasteiger partial charge in [-0.15, -0.1) is 0 Å². The SMILES string of the molecule is CCCN(CC1CC1)C(C)C(NC)c1ccc(OC)cc1. The fourth-order valence-corrected chi connectivity index (χ4v) is 3.09. The van der Waals surface area contributed by atoms with Crippen molar-refractivity contribution in [1.82, 2.24) is 10.2 Å². The molecular weight excluding hydrogens is 260 g/mol. The van der Waals surface area contributed by atoms with Crippen LogP contribution in [0.25, 0.3) is 0 Å². The summed E-state index contributed by atoms with van der Waals surface area (Å²) in [4.78, 5) is 2.66. The van der Waals surface area contributed by atoms with E-state index in [1.807, 2.05) is 0 Å². The largest absolute Gasteiger partial charge is 0.497 e. The molecule has 2 atom stereocenters. The molecule has 2 unspecified atom stereocenters. The summed E-state index contributed by atoms with van der Waals surface area (Å²) in [5.41, 5.74) is 1.34. The molecule has 0 spiro atoms. The summed E-state index contributed by atoms with van der Waals surface area (Å²) in [5.74, 6) is 1.86. The Balaban J connectivity index is 2.08. The second-order valence-electron chi connectivity index (χ2n) is 6.22. The van der Waals surface area contributed by atoms with Crippen molar-refractivity contribution in [3.63, 3.8) is 0 Å². The third kappa shape index (κ3) is 4.45. The molecule has 21 heavy (non-hydrogen) atoms. The van der Waals surface area contributed by atoms with Gasteiger partial charge in [-0.1, -0.05) is 19.1 Å². The van der Waals surface area contributed by atoms with Crippen molar-refractivity contribution in [3.05, 3.63) is 29.8 Å². The third-order valence-electron chi connectivity index (χ3n) is 4.54. The molecule has 1 fully saturated rings. The molecule has 118 valence electrons. The van der Waals surface area contributed by atoms with Gasteiger partial charge in [0.25, 0.3) is 0 Å². The molecule has 2 rings (SSSR count). The quantitative estimate of drug-likeness (QED) is 0.753. The number of nitrogens with zero attached hydrogens (tertiary/aromatic N) is 1. The highest BCUT2D eigenvalue weighted by Crippen LogP contribution is 2.32. The van der Waals surface area contributed by atoms with Gasteiger partial charge in [0.15, 0.2) is 0 Å². The van der Waals surface area contributed by atoms with Crippen LogP contribution in [0.4, 0.5) is 0 Å². The van der Waals surface area contributed by atoms with Gasteiger partial charge >= 0.3 is 0 Å². The predicted octanol–water partition coefficient (Wildman–Crippen LogP) is 3.47. The Labute approximate surface area is 129 Å². The molecule has 3 nitrogen and oxygen atoms in total. The van der Waals surface area contributed by atoms with Gasteiger partial charge in [-0.25, -0.2) is 0 Å². The monoisotopic (exact) mass is 290 g/mol. The molecule has 0 radical (unpaired) electrons. The smallest absolute Gasteiger partial charge is 0.118 e. The van der Waals surface area contributed by atoms with Crippen LogP contribution in [-0.2, 0) is 0 Å². The molecule has 1 aromatic rings. The molecule has 0 aromatic heterocycles. The van der Waals surface area contributed by atoms with Gasteiger partial charge in [-0.2, -0.15) is 0 Å². The fourth-order valence-electron chi connectivity index (χ4n) is 3.09. The summed E-state index contributed by atoms with van der Waals surface area (Å²) in [6.45, 7) is 7.06. The number of ether oxygens (including phenoxy) is 1. The topological polar surface area (TPSA) is 24.5 Å². The van der Waals surface area contributed by atoms with Crippen LogP contribution in [0.1, 0.15) is 44.7 Å². The zero-order valence-corrected chi connectivity index (χ0v) is 13.9. The van der Waals surface area contributed by atoms with Gasteiger partial charge in [-0.05, 0) is 63.4 Å². The molecule has 1 N–H and O–H groups in total. The fraction of sp³-hybridized carbons (Fsp3) is 0.667. The average molecular weight is 290 g/mol. The van der Waals surface area contributed by atoms with E-state index in [2.05, 4.69) is 55.4 Å². The predicted molar refractivity (Wildman–Crippen MR) is 88.8 cm³/mol. The maximum absolute atomic E-state index is 5.26. The van der Waals surface area contributed by atoms with E-state index >= 15 is 0 Å². The van der Waals surface area contributed by atoms with Crippen LogP contribution < -0.4 is 10.1 Å². The van der Waals surface area contributed by atoms with E-state index in [4.69, 9.17) is 4.74 Å². The first-order valence-corrected chi connectivity index (χ1v) is 8.24. The number of benzene rings is 1. The molecule has 0 aliphatic heterocycles. The molecule has 1 aliphatic rings. The zero-order valence-electron chi connectivity index (χ0n) is 13.9. The maximum Gasteiger partial charge on any atom is 0.118 e. The Morgan fingerprint density at radius 3 is 2.43 bits per heavy atom. The van der Waals surface area contributed by atoms with E-state index in [-0.39, 0.29) is 0 Å². The second-order valence-corrected chi connectivity index (χ2v) is 6.22. The second kappa shape index (κ2) is 7.81. The average Bonchev–Trinajstić information content (AvgIpc) is 3.32. The number of rotatable bonds is 9. The van der Waals surface area contributed by atoms with Gasteiger partial charge in [0, 0.05) is 18.6 Å². The van der Waals surface area contributed by atoms with E-state index < -0.39 is 0 Å². The zero-order chi connectivity index (χ0) is 15.2. The van der Waals surface area contributed by atoms with Crippen LogP contribution in [0, 0.1) is 5.92 Å². The van der Waals surface area contributed by atoms with Crippen LogP contribution in [0.15, 0.2) is 24.3 Å². The van der Waals surface area contributed by atoms with Crippen LogP contribution in [-0.4, -0.2) is 38.2 Å². The molecule has 1 saturated carbocycles. The van der Waals surface area contributed by atoms with Crippen LogP contribution in [0.3, 0.4) is 0 Å². The standard InChI is InChI=1S/C18H30N2O/c1-5-12-20(13-15-6-7-15)14(2)18(19-3)16-8-10-17(21-4)11-9-16/h8-11,14-15,18-19H,5-7,12-13H2,1-4H3. The molecule has 0 amide bonds. The Kier molecular flexibility index (Phi) is 6.07. The van der Waals surface area contributed by atoms with Crippen molar-refractivity contribution in [2.45, 2.75) is 45.2 Å². The van der Waals surface area contributed by atoms with Crippen LogP contribution >= 0.6 is 0 Å². The van der Waals surface area contributed by atoms with Crippen molar-refractivity contribution in [1.29, 1.82) is 0 Å². The normalized spacial score (nSPS) is 17.8. The Bertz CT molecular complexity index is 414. The molecular formula is C18H30N2O. The van der Waals surface area contributed by atoms with Crippen LogP contribution in [0.5, 0.6) is 5.75 Å². The van der Waals surface area contributed by atoms with Gasteiger partial charge in [0.2, 0.25) is 0 Å². The highest BCUT2D eigenvalue weighted by molar-refractivity contribution is 5.29. The minimum atomic E-state index is 0.362. The van der Waals surface area contributed by atoms with E-state index in [0.29, 0.717) is 12.1 Å². The maximum atomic E-state index is 5.26. The van der Waals surface area contributed by atoms with Gasteiger partial charge < -0.3 is 10.1 Å². The summed E-state index contributed by atoms with van der Waals surface area (Å²) in [6.07, 6.45) is 4.05. The first-order valence-electron chi connectivity index (χ1n) is 8.24. The van der Waals surface area contributed by atoms with Crippen molar-refractivity contribution < 1.29 is 4.74 Å². The highest BCUT2D eigenvalue weighted by atomic mass is 16.5. The van der Waals surface area contributed by atoms with E-state index in [9.17, 15) is 0 Å². The Morgan fingerprint density at radius 2 is 1.95 bits per heavy atom. The number of hydrogen-bond acceptors (Lipinski definition) is 3. The summed E-state index contributed by atoms with van der Waals surface area (Å²) < 4.78 is 5.26. The molecule has 0 heterocycles. The van der Waals surface area contributed by atoms with Gasteiger partial charge in [0.1, 0.15) is 5.75 Å². The van der Waals surface area contributed by atoms with Gasteiger partial charge in [-0.3, -0.25) is 4.90 Å². The lowest BCUT2D eigenvalue weighted by atomic mass is 9.98. The molecule has 3 heteroatoms. The van der Waals surface area contributed by atoms with Crippen LogP contribution in [0.2, 0.25) is 0 Å². The molecule has 0 saturated heterocycles. The van der Waals surface area contributed by atoms with Crippen molar-refractivity contribution in [2.24, 2.45) is 5.92 Å². The summed E-state index contributed by atoms with van der Waals surface area (Å²) in [5, 5.41) is 3.51. The molecule has 0 bridgehead atoms. The first-order chi connectivity index (χ1) is 10.2. The summed E-state index contributed by atoms with van der Waals surface area (Å²) in [7, 11) is 3.78. The van der Waals surface area contributed by atoms with Crippen molar-refractivity contribution in [2.75, 3.05) is 27.2 Å². The number of hydrogen-bond donors (Lipinski definition) is 1. The minimum absolute atomic E-state index is 0.362.